The van der Waals surface area contributed by atoms with Crippen LogP contribution < -0.4 is 14.8 Å². The Kier molecular flexibility index (Phi) is 7.93. The maximum atomic E-state index is 12.2. The molecule has 4 heteroatoms. The molecule has 1 amide bonds. The highest BCUT2D eigenvalue weighted by atomic mass is 16.5. The van der Waals surface area contributed by atoms with Crippen LogP contribution in [0.4, 0.5) is 0 Å². The van der Waals surface area contributed by atoms with Crippen LogP contribution in [-0.2, 0) is 4.79 Å². The Bertz CT molecular complexity index is 753. The van der Waals surface area contributed by atoms with Crippen LogP contribution in [-0.4, -0.2) is 19.6 Å². The largest absolute Gasteiger partial charge is 0.493 e. The Morgan fingerprint density at radius 1 is 1.07 bits per heavy atom. The fraction of sp³-hybridized carbons (Fsp3) is 0.348. The summed E-state index contributed by atoms with van der Waals surface area (Å²) in [5.74, 6) is 1.84. The van der Waals surface area contributed by atoms with E-state index < -0.39 is 0 Å². The molecule has 2 aromatic rings. The molecule has 0 bridgehead atoms. The van der Waals surface area contributed by atoms with Crippen molar-refractivity contribution in [3.63, 3.8) is 0 Å². The molecule has 0 aliphatic carbocycles. The maximum Gasteiger partial charge on any atom is 0.244 e. The van der Waals surface area contributed by atoms with Crippen molar-refractivity contribution in [2.45, 2.75) is 33.2 Å². The lowest BCUT2D eigenvalue weighted by Crippen LogP contribution is -2.24. The molecule has 0 fully saturated rings. The zero-order valence-corrected chi connectivity index (χ0v) is 16.6. The average molecular weight is 367 g/mol. The molecule has 1 atom stereocenters. The molecule has 27 heavy (non-hydrogen) atoms. The summed E-state index contributed by atoms with van der Waals surface area (Å²) in [4.78, 5) is 12.2. The van der Waals surface area contributed by atoms with Crippen molar-refractivity contribution in [2.24, 2.45) is 5.92 Å². The lowest BCUT2D eigenvalue weighted by molar-refractivity contribution is -0.117. The average Bonchev–Trinajstić information content (AvgIpc) is 2.67. The Balaban J connectivity index is 1.96. The lowest BCUT2D eigenvalue weighted by Gasteiger charge is -2.13. The second-order valence-electron chi connectivity index (χ2n) is 6.92. The predicted molar refractivity (Wildman–Crippen MR) is 110 cm³/mol. The number of benzene rings is 2. The minimum Gasteiger partial charge on any atom is -0.493 e. The van der Waals surface area contributed by atoms with Gasteiger partial charge < -0.3 is 14.8 Å². The Morgan fingerprint density at radius 3 is 2.48 bits per heavy atom. The minimum absolute atomic E-state index is 0.0466. The normalized spacial score (nSPS) is 12.2. The zero-order chi connectivity index (χ0) is 19.6. The summed E-state index contributed by atoms with van der Waals surface area (Å²) in [6.45, 7) is 6.95. The van der Waals surface area contributed by atoms with E-state index in [1.54, 1.807) is 13.2 Å². The molecule has 0 spiro atoms. The topological polar surface area (TPSA) is 47.6 Å². The quantitative estimate of drug-likeness (QED) is 0.634. The molecule has 2 rings (SSSR count). The summed E-state index contributed by atoms with van der Waals surface area (Å²) in [6, 6.07) is 15.5. The molecule has 0 aromatic heterocycles. The molecule has 0 heterocycles. The molecule has 0 saturated heterocycles. The zero-order valence-electron chi connectivity index (χ0n) is 16.6. The Labute approximate surface area is 162 Å². The number of carbonyl (C=O) groups excluding carboxylic acids is 1. The van der Waals surface area contributed by atoms with Gasteiger partial charge in [0.05, 0.1) is 19.8 Å². The standard InChI is InChI=1S/C23H29NO3/c1-17(2)14-15-27-21-12-10-19(16-22(21)26-4)11-13-23(25)24-18(3)20-8-6-5-7-9-20/h5-13,16-18H,14-15H2,1-4H3,(H,24,25)/b13-11+. The summed E-state index contributed by atoms with van der Waals surface area (Å²) in [6.07, 6.45) is 4.30. The van der Waals surface area contributed by atoms with Crippen LogP contribution in [0.5, 0.6) is 11.5 Å². The predicted octanol–water partition coefficient (Wildman–Crippen LogP) is 5.01. The Hall–Kier alpha value is -2.75. The van der Waals surface area contributed by atoms with Crippen LogP contribution in [0.15, 0.2) is 54.6 Å². The van der Waals surface area contributed by atoms with E-state index in [1.165, 1.54) is 6.08 Å². The summed E-state index contributed by atoms with van der Waals surface area (Å²) in [5.41, 5.74) is 1.95. The van der Waals surface area contributed by atoms with Crippen LogP contribution in [0.1, 0.15) is 44.4 Å². The fourth-order valence-corrected chi connectivity index (χ4v) is 2.57. The van der Waals surface area contributed by atoms with Crippen molar-refractivity contribution >= 4 is 12.0 Å². The van der Waals surface area contributed by atoms with Gasteiger partial charge in [-0.1, -0.05) is 50.2 Å². The van der Waals surface area contributed by atoms with Gasteiger partial charge in [0, 0.05) is 6.08 Å². The van der Waals surface area contributed by atoms with Gasteiger partial charge in [-0.25, -0.2) is 0 Å². The first-order valence-corrected chi connectivity index (χ1v) is 9.34. The van der Waals surface area contributed by atoms with E-state index in [9.17, 15) is 4.79 Å². The highest BCUT2D eigenvalue weighted by Crippen LogP contribution is 2.29. The third kappa shape index (κ3) is 6.81. The first-order valence-electron chi connectivity index (χ1n) is 9.34. The third-order valence-electron chi connectivity index (χ3n) is 4.23. The van der Waals surface area contributed by atoms with Crippen LogP contribution in [0.2, 0.25) is 0 Å². The van der Waals surface area contributed by atoms with Crippen molar-refractivity contribution < 1.29 is 14.3 Å². The van der Waals surface area contributed by atoms with E-state index in [2.05, 4.69) is 19.2 Å². The first-order chi connectivity index (χ1) is 13.0. The number of rotatable bonds is 9. The molecule has 0 aliphatic rings. The number of ether oxygens (including phenoxy) is 2. The molecular formula is C23H29NO3. The van der Waals surface area contributed by atoms with E-state index >= 15 is 0 Å². The highest BCUT2D eigenvalue weighted by Gasteiger charge is 2.08. The van der Waals surface area contributed by atoms with Gasteiger partial charge in [-0.3, -0.25) is 4.79 Å². The van der Waals surface area contributed by atoms with Gasteiger partial charge in [-0.05, 0) is 48.6 Å². The van der Waals surface area contributed by atoms with Crippen LogP contribution in [0.25, 0.3) is 6.08 Å². The molecule has 0 saturated carbocycles. The minimum atomic E-state index is -0.137. The summed E-state index contributed by atoms with van der Waals surface area (Å²) >= 11 is 0. The van der Waals surface area contributed by atoms with E-state index in [-0.39, 0.29) is 11.9 Å². The van der Waals surface area contributed by atoms with Gasteiger partial charge in [0.1, 0.15) is 0 Å². The fourth-order valence-electron chi connectivity index (χ4n) is 2.57. The van der Waals surface area contributed by atoms with E-state index in [0.717, 1.165) is 23.3 Å². The maximum absolute atomic E-state index is 12.2. The molecular weight excluding hydrogens is 338 g/mol. The summed E-state index contributed by atoms with van der Waals surface area (Å²) in [5, 5.41) is 2.96. The third-order valence-corrected chi connectivity index (χ3v) is 4.23. The lowest BCUT2D eigenvalue weighted by atomic mass is 10.1. The van der Waals surface area contributed by atoms with Crippen molar-refractivity contribution in [1.29, 1.82) is 0 Å². The number of nitrogens with one attached hydrogen (secondary N) is 1. The van der Waals surface area contributed by atoms with Gasteiger partial charge in [0.2, 0.25) is 5.91 Å². The molecule has 144 valence electrons. The Morgan fingerprint density at radius 2 is 1.81 bits per heavy atom. The van der Waals surface area contributed by atoms with Gasteiger partial charge in [0.25, 0.3) is 0 Å². The van der Waals surface area contributed by atoms with Gasteiger partial charge in [-0.2, -0.15) is 0 Å². The number of amides is 1. The number of hydrogen-bond donors (Lipinski definition) is 1. The van der Waals surface area contributed by atoms with Crippen molar-refractivity contribution in [2.75, 3.05) is 13.7 Å². The van der Waals surface area contributed by atoms with Crippen LogP contribution >= 0.6 is 0 Å². The second-order valence-corrected chi connectivity index (χ2v) is 6.92. The van der Waals surface area contributed by atoms with E-state index in [4.69, 9.17) is 9.47 Å². The highest BCUT2D eigenvalue weighted by molar-refractivity contribution is 5.92. The smallest absolute Gasteiger partial charge is 0.244 e. The SMILES string of the molecule is COc1cc(/C=C/C(=O)NC(C)c2ccccc2)ccc1OCCC(C)C. The van der Waals surface area contributed by atoms with Crippen LogP contribution in [0.3, 0.4) is 0 Å². The second kappa shape index (κ2) is 10.4. The van der Waals surface area contributed by atoms with E-state index in [0.29, 0.717) is 18.3 Å². The molecule has 2 aromatic carbocycles. The van der Waals surface area contributed by atoms with Gasteiger partial charge in [-0.15, -0.1) is 0 Å². The number of hydrogen-bond acceptors (Lipinski definition) is 3. The van der Waals surface area contributed by atoms with E-state index in [1.807, 2.05) is 55.5 Å². The van der Waals surface area contributed by atoms with Gasteiger partial charge in [0.15, 0.2) is 11.5 Å². The molecule has 0 aliphatic heterocycles. The molecule has 4 nitrogen and oxygen atoms in total. The summed E-state index contributed by atoms with van der Waals surface area (Å²) < 4.78 is 11.2. The molecule has 1 unspecified atom stereocenters. The van der Waals surface area contributed by atoms with Crippen molar-refractivity contribution in [1.82, 2.24) is 5.32 Å². The van der Waals surface area contributed by atoms with Gasteiger partial charge >= 0.3 is 0 Å². The van der Waals surface area contributed by atoms with Crippen LogP contribution in [0, 0.1) is 5.92 Å². The molecule has 0 radical (unpaired) electrons. The summed E-state index contributed by atoms with van der Waals surface area (Å²) in [7, 11) is 1.62. The number of methoxy groups -OCH3 is 1. The van der Waals surface area contributed by atoms with Crippen molar-refractivity contribution in [3.8, 4) is 11.5 Å². The monoisotopic (exact) mass is 367 g/mol. The number of carbonyl (C=O) groups is 1. The molecule has 1 N–H and O–H groups in total. The van der Waals surface area contributed by atoms with Crippen molar-refractivity contribution in [3.05, 3.63) is 65.7 Å². The first kappa shape index (κ1) is 20.6.